The summed E-state index contributed by atoms with van der Waals surface area (Å²) in [6.45, 7) is 1.24. The van der Waals surface area contributed by atoms with E-state index in [1.54, 1.807) is 10.5 Å². The fourth-order valence-electron chi connectivity index (χ4n) is 2.54. The molecule has 1 saturated heterocycles. The maximum absolute atomic E-state index is 12.2. The van der Waals surface area contributed by atoms with Crippen molar-refractivity contribution in [2.75, 3.05) is 38.6 Å². The van der Waals surface area contributed by atoms with Gasteiger partial charge in [-0.3, -0.25) is 4.68 Å². The van der Waals surface area contributed by atoms with Crippen molar-refractivity contribution >= 4 is 15.7 Å². The number of hydrogen-bond acceptors (Lipinski definition) is 5. The number of nitrogens with zero attached hydrogens (tertiary/aromatic N) is 4. The van der Waals surface area contributed by atoms with Crippen molar-refractivity contribution in [3.63, 3.8) is 0 Å². The van der Waals surface area contributed by atoms with E-state index >= 15 is 0 Å². The lowest BCUT2D eigenvalue weighted by molar-refractivity contribution is 0.0756. The number of hydrogen-bond donors (Lipinski definition) is 1. The molecule has 1 aromatic heterocycles. The Morgan fingerprint density at radius 2 is 2.10 bits per heavy atom. The van der Waals surface area contributed by atoms with Crippen LogP contribution in [0, 0.1) is 0 Å². The van der Waals surface area contributed by atoms with Crippen LogP contribution in [0.2, 0.25) is 0 Å². The molecule has 0 atom stereocenters. The maximum Gasteiger partial charge on any atom is 0.217 e. The second kappa shape index (κ2) is 4.44. The summed E-state index contributed by atoms with van der Waals surface area (Å²) in [5, 5.41) is 4.19. The van der Waals surface area contributed by atoms with Crippen LogP contribution in [0.1, 0.15) is 12.8 Å². The molecular weight excluding hydrogens is 278 g/mol. The molecule has 3 rings (SSSR count). The van der Waals surface area contributed by atoms with Gasteiger partial charge in [0.2, 0.25) is 10.0 Å². The van der Waals surface area contributed by atoms with Crippen LogP contribution in [-0.2, 0) is 15.6 Å². The van der Waals surface area contributed by atoms with Crippen LogP contribution in [0.4, 0.5) is 5.69 Å². The van der Waals surface area contributed by atoms with Gasteiger partial charge in [-0.15, -0.1) is 0 Å². The molecule has 112 valence electrons. The maximum atomic E-state index is 12.2. The molecule has 0 unspecified atom stereocenters. The number of rotatable bonds is 5. The third-order valence-corrected chi connectivity index (χ3v) is 6.49. The van der Waals surface area contributed by atoms with Gasteiger partial charge in [0.15, 0.2) is 0 Å². The van der Waals surface area contributed by atoms with Gasteiger partial charge in [-0.2, -0.15) is 9.40 Å². The Hall–Kier alpha value is -1.12. The average molecular weight is 299 g/mol. The second-order valence-corrected chi connectivity index (χ2v) is 8.19. The average Bonchev–Trinajstić information content (AvgIpc) is 3.08. The Bertz CT molecular complexity index is 599. The van der Waals surface area contributed by atoms with E-state index < -0.39 is 15.6 Å². The predicted molar refractivity (Wildman–Crippen MR) is 77.1 cm³/mol. The molecule has 1 aliphatic heterocycles. The lowest BCUT2D eigenvalue weighted by atomic mass is 9.93. The summed E-state index contributed by atoms with van der Waals surface area (Å²) in [6, 6.07) is 0. The van der Waals surface area contributed by atoms with Crippen molar-refractivity contribution in [3.05, 3.63) is 12.4 Å². The molecule has 2 fully saturated rings. The van der Waals surface area contributed by atoms with Crippen LogP contribution < -0.4 is 10.6 Å². The van der Waals surface area contributed by atoms with Gasteiger partial charge in [-0.1, -0.05) is 0 Å². The van der Waals surface area contributed by atoms with Crippen molar-refractivity contribution in [2.45, 2.75) is 23.6 Å². The van der Waals surface area contributed by atoms with Crippen molar-refractivity contribution in [1.82, 2.24) is 14.1 Å². The zero-order valence-electron chi connectivity index (χ0n) is 11.9. The van der Waals surface area contributed by atoms with Gasteiger partial charge >= 0.3 is 0 Å². The SMILES string of the molecule is CN(C)c1cnn(C2(CN)CN(S(=O)(=O)C3CC3)C2)c1. The summed E-state index contributed by atoms with van der Waals surface area (Å²) in [5.41, 5.74) is 6.48. The van der Waals surface area contributed by atoms with Gasteiger partial charge in [-0.25, -0.2) is 8.42 Å². The minimum Gasteiger partial charge on any atom is -0.375 e. The van der Waals surface area contributed by atoms with E-state index in [4.69, 9.17) is 5.73 Å². The number of anilines is 1. The molecule has 2 aliphatic rings. The van der Waals surface area contributed by atoms with Crippen molar-refractivity contribution in [1.29, 1.82) is 0 Å². The Morgan fingerprint density at radius 1 is 1.45 bits per heavy atom. The van der Waals surface area contributed by atoms with Gasteiger partial charge in [0.05, 0.1) is 17.1 Å². The third kappa shape index (κ3) is 2.02. The normalized spacial score (nSPS) is 22.6. The van der Waals surface area contributed by atoms with Crippen molar-refractivity contribution in [3.8, 4) is 0 Å². The van der Waals surface area contributed by atoms with Crippen LogP contribution in [0.3, 0.4) is 0 Å². The topological polar surface area (TPSA) is 84.5 Å². The first-order valence-electron chi connectivity index (χ1n) is 6.80. The van der Waals surface area contributed by atoms with E-state index in [1.165, 1.54) is 0 Å². The predicted octanol–water partition coefficient (Wildman–Crippen LogP) is -0.589. The first kappa shape index (κ1) is 13.8. The lowest BCUT2D eigenvalue weighted by Gasteiger charge is -2.48. The Balaban J connectivity index is 1.78. The monoisotopic (exact) mass is 299 g/mol. The molecule has 1 aromatic rings. The van der Waals surface area contributed by atoms with Gasteiger partial charge in [-0.05, 0) is 12.8 Å². The molecule has 0 amide bonds. The van der Waals surface area contributed by atoms with Crippen molar-refractivity contribution in [2.24, 2.45) is 5.73 Å². The molecule has 0 radical (unpaired) electrons. The van der Waals surface area contributed by atoms with Gasteiger partial charge < -0.3 is 10.6 Å². The molecule has 1 aliphatic carbocycles. The third-order valence-electron chi connectivity index (χ3n) is 4.20. The minimum atomic E-state index is -3.10. The molecule has 0 aromatic carbocycles. The molecule has 0 bridgehead atoms. The summed E-state index contributed by atoms with van der Waals surface area (Å²) in [6.07, 6.45) is 5.28. The first-order chi connectivity index (χ1) is 9.39. The highest BCUT2D eigenvalue weighted by Crippen LogP contribution is 2.38. The molecule has 20 heavy (non-hydrogen) atoms. The quantitative estimate of drug-likeness (QED) is 0.785. The summed E-state index contributed by atoms with van der Waals surface area (Å²) in [7, 11) is 0.790. The van der Waals surface area contributed by atoms with Crippen LogP contribution in [0.5, 0.6) is 0 Å². The number of nitrogens with two attached hydrogens (primary N) is 1. The van der Waals surface area contributed by atoms with E-state index in [9.17, 15) is 8.42 Å². The van der Waals surface area contributed by atoms with Gasteiger partial charge in [0.1, 0.15) is 5.54 Å². The highest BCUT2D eigenvalue weighted by molar-refractivity contribution is 7.90. The van der Waals surface area contributed by atoms with E-state index in [0.717, 1.165) is 18.5 Å². The molecule has 2 heterocycles. The Morgan fingerprint density at radius 3 is 2.55 bits per heavy atom. The smallest absolute Gasteiger partial charge is 0.217 e. The van der Waals surface area contributed by atoms with Crippen LogP contribution in [-0.4, -0.2) is 61.5 Å². The highest BCUT2D eigenvalue weighted by Gasteiger charge is 2.53. The van der Waals surface area contributed by atoms with Gasteiger partial charge in [0.25, 0.3) is 0 Å². The fraction of sp³-hybridized carbons (Fsp3) is 0.750. The van der Waals surface area contributed by atoms with E-state index in [-0.39, 0.29) is 5.25 Å². The molecule has 1 saturated carbocycles. The molecular formula is C12H21N5O2S. The lowest BCUT2D eigenvalue weighted by Crippen LogP contribution is -2.67. The van der Waals surface area contributed by atoms with E-state index in [1.807, 2.05) is 29.9 Å². The minimum absolute atomic E-state index is 0.159. The van der Waals surface area contributed by atoms with Crippen LogP contribution in [0.25, 0.3) is 0 Å². The first-order valence-corrected chi connectivity index (χ1v) is 8.31. The van der Waals surface area contributed by atoms with Crippen LogP contribution in [0.15, 0.2) is 12.4 Å². The van der Waals surface area contributed by atoms with Crippen LogP contribution >= 0.6 is 0 Å². The summed E-state index contributed by atoms with van der Waals surface area (Å²) < 4.78 is 27.7. The molecule has 8 heteroatoms. The highest BCUT2D eigenvalue weighted by atomic mass is 32.2. The number of sulfonamides is 1. The largest absolute Gasteiger partial charge is 0.375 e. The fourth-order valence-corrected chi connectivity index (χ4v) is 4.53. The molecule has 7 nitrogen and oxygen atoms in total. The zero-order valence-corrected chi connectivity index (χ0v) is 12.7. The second-order valence-electron chi connectivity index (χ2n) is 5.98. The van der Waals surface area contributed by atoms with Crippen molar-refractivity contribution < 1.29 is 8.42 Å². The Labute approximate surface area is 119 Å². The van der Waals surface area contributed by atoms with E-state index in [0.29, 0.717) is 19.6 Å². The molecule has 2 N–H and O–H groups in total. The van der Waals surface area contributed by atoms with E-state index in [2.05, 4.69) is 5.10 Å². The Kier molecular flexibility index (Phi) is 3.07. The summed E-state index contributed by atoms with van der Waals surface area (Å²) in [5.74, 6) is 0. The summed E-state index contributed by atoms with van der Waals surface area (Å²) >= 11 is 0. The summed E-state index contributed by atoms with van der Waals surface area (Å²) in [4.78, 5) is 1.96. The number of aromatic nitrogens is 2. The zero-order chi connectivity index (χ0) is 14.5. The molecule has 0 spiro atoms. The standard InChI is InChI=1S/C12H21N5O2S/c1-15(2)10-5-14-17(6-10)12(7-13)8-16(9-12)20(18,19)11-3-4-11/h5-6,11H,3-4,7-9,13H2,1-2H3. The van der Waals surface area contributed by atoms with Gasteiger partial charge in [0, 0.05) is 39.9 Å².